The number of carboxylic acids is 1. The lowest BCUT2D eigenvalue weighted by Gasteiger charge is -2.10. The Morgan fingerprint density at radius 2 is 1.84 bits per heavy atom. The van der Waals surface area contributed by atoms with Gasteiger partial charge in [0.05, 0.1) is 5.69 Å². The SMILES string of the molecule is Cc1ccc(ONc2cc(-c3ccc(N)cc3)sc2C(=O)O)c(C)c1. The number of hydrogen-bond acceptors (Lipinski definition) is 5. The molecule has 0 spiro atoms. The normalized spacial score (nSPS) is 10.5. The first-order valence-corrected chi connectivity index (χ1v) is 8.49. The number of hydrogen-bond donors (Lipinski definition) is 3. The van der Waals surface area contributed by atoms with Crippen molar-refractivity contribution in [2.75, 3.05) is 11.2 Å². The Bertz CT molecular complexity index is 917. The van der Waals surface area contributed by atoms with Crippen LogP contribution in [0.2, 0.25) is 0 Å². The molecule has 0 radical (unpaired) electrons. The number of anilines is 2. The van der Waals surface area contributed by atoms with Gasteiger partial charge in [0.15, 0.2) is 5.75 Å². The summed E-state index contributed by atoms with van der Waals surface area (Å²) >= 11 is 1.19. The molecule has 3 aromatic rings. The molecule has 3 rings (SSSR count). The zero-order chi connectivity index (χ0) is 18.0. The van der Waals surface area contributed by atoms with Crippen LogP contribution in [-0.2, 0) is 0 Å². The Labute approximate surface area is 149 Å². The molecule has 0 saturated heterocycles. The van der Waals surface area contributed by atoms with Crippen LogP contribution in [0.5, 0.6) is 5.75 Å². The number of thiophene rings is 1. The van der Waals surface area contributed by atoms with Crippen molar-refractivity contribution in [3.05, 3.63) is 64.5 Å². The average molecular weight is 354 g/mol. The molecule has 0 aliphatic heterocycles. The second-order valence-electron chi connectivity index (χ2n) is 5.75. The first-order valence-electron chi connectivity index (χ1n) is 7.67. The van der Waals surface area contributed by atoms with Crippen LogP contribution in [0.4, 0.5) is 11.4 Å². The number of nitrogen functional groups attached to an aromatic ring is 1. The van der Waals surface area contributed by atoms with E-state index in [2.05, 4.69) is 5.48 Å². The van der Waals surface area contributed by atoms with Gasteiger partial charge in [0.1, 0.15) is 4.88 Å². The van der Waals surface area contributed by atoms with E-state index in [-0.39, 0.29) is 4.88 Å². The fourth-order valence-corrected chi connectivity index (χ4v) is 3.39. The molecule has 0 saturated carbocycles. The molecule has 5 nitrogen and oxygen atoms in total. The summed E-state index contributed by atoms with van der Waals surface area (Å²) in [6.07, 6.45) is 0. The van der Waals surface area contributed by atoms with Crippen LogP contribution in [0.15, 0.2) is 48.5 Å². The van der Waals surface area contributed by atoms with Crippen LogP contribution in [0.25, 0.3) is 10.4 Å². The Morgan fingerprint density at radius 1 is 1.12 bits per heavy atom. The predicted molar refractivity (Wildman–Crippen MR) is 101 cm³/mol. The third-order valence-electron chi connectivity index (χ3n) is 3.72. The molecule has 0 unspecified atom stereocenters. The summed E-state index contributed by atoms with van der Waals surface area (Å²) in [6, 6.07) is 14.9. The molecule has 0 amide bonds. The Morgan fingerprint density at radius 3 is 2.48 bits per heavy atom. The summed E-state index contributed by atoms with van der Waals surface area (Å²) in [5, 5.41) is 9.45. The van der Waals surface area contributed by atoms with Crippen LogP contribution in [0.3, 0.4) is 0 Å². The number of nitrogens with one attached hydrogen (secondary N) is 1. The van der Waals surface area contributed by atoms with Crippen LogP contribution in [0.1, 0.15) is 20.8 Å². The second kappa shape index (κ2) is 6.86. The summed E-state index contributed by atoms with van der Waals surface area (Å²) in [7, 11) is 0. The Kier molecular flexibility index (Phi) is 4.63. The van der Waals surface area contributed by atoms with Gasteiger partial charge in [-0.1, -0.05) is 29.8 Å². The maximum Gasteiger partial charge on any atom is 0.348 e. The van der Waals surface area contributed by atoms with Crippen molar-refractivity contribution < 1.29 is 14.7 Å². The standard InChI is InChI=1S/C19H18N2O3S/c1-11-3-8-16(12(2)9-11)24-21-15-10-17(25-18(15)19(22)23)13-4-6-14(20)7-5-13/h3-10,21H,20H2,1-2H3,(H,22,23). The Balaban J connectivity index is 1.87. The van der Waals surface area contributed by atoms with E-state index in [1.165, 1.54) is 11.3 Å². The summed E-state index contributed by atoms with van der Waals surface area (Å²) < 4.78 is 0. The van der Waals surface area contributed by atoms with Crippen molar-refractivity contribution in [3.63, 3.8) is 0 Å². The summed E-state index contributed by atoms with van der Waals surface area (Å²) in [4.78, 5) is 18.2. The van der Waals surface area contributed by atoms with Gasteiger partial charge in [0, 0.05) is 10.6 Å². The minimum atomic E-state index is -1.00. The maximum atomic E-state index is 11.5. The topological polar surface area (TPSA) is 84.6 Å². The minimum Gasteiger partial charge on any atom is -0.477 e. The highest BCUT2D eigenvalue weighted by molar-refractivity contribution is 7.18. The van der Waals surface area contributed by atoms with E-state index in [0.717, 1.165) is 21.6 Å². The van der Waals surface area contributed by atoms with Crippen LogP contribution >= 0.6 is 11.3 Å². The van der Waals surface area contributed by atoms with Gasteiger partial charge >= 0.3 is 5.97 Å². The lowest BCUT2D eigenvalue weighted by Crippen LogP contribution is -2.08. The number of carboxylic acid groups (broad SMARTS) is 1. The molecular weight excluding hydrogens is 336 g/mol. The molecule has 0 aliphatic rings. The molecule has 25 heavy (non-hydrogen) atoms. The number of carbonyl (C=O) groups is 1. The first-order chi connectivity index (χ1) is 11.9. The highest BCUT2D eigenvalue weighted by Crippen LogP contribution is 2.35. The first kappa shape index (κ1) is 16.9. The molecule has 128 valence electrons. The highest BCUT2D eigenvalue weighted by atomic mass is 32.1. The van der Waals surface area contributed by atoms with Gasteiger partial charge in [-0.2, -0.15) is 0 Å². The second-order valence-corrected chi connectivity index (χ2v) is 6.81. The molecule has 2 aromatic carbocycles. The molecule has 6 heteroatoms. The van der Waals surface area contributed by atoms with Crippen LogP contribution in [-0.4, -0.2) is 11.1 Å². The third kappa shape index (κ3) is 3.75. The van der Waals surface area contributed by atoms with Crippen LogP contribution in [0, 0.1) is 13.8 Å². The molecular formula is C19H18N2O3S. The molecule has 0 aliphatic carbocycles. The molecule has 0 bridgehead atoms. The van der Waals surface area contributed by atoms with Gasteiger partial charge in [-0.05, 0) is 49.2 Å². The fraction of sp³-hybridized carbons (Fsp3) is 0.105. The van der Waals surface area contributed by atoms with Crippen LogP contribution < -0.4 is 16.1 Å². The molecule has 0 atom stereocenters. The number of nitrogens with two attached hydrogens (primary N) is 1. The smallest absolute Gasteiger partial charge is 0.348 e. The van der Waals surface area contributed by atoms with E-state index in [0.29, 0.717) is 17.1 Å². The molecule has 4 N–H and O–H groups in total. The zero-order valence-corrected chi connectivity index (χ0v) is 14.7. The van der Waals surface area contributed by atoms with Crippen molar-refractivity contribution >= 4 is 28.7 Å². The maximum absolute atomic E-state index is 11.5. The number of benzene rings is 2. The van der Waals surface area contributed by atoms with Gasteiger partial charge in [-0.3, -0.25) is 0 Å². The van der Waals surface area contributed by atoms with Crippen molar-refractivity contribution in [3.8, 4) is 16.2 Å². The lowest BCUT2D eigenvalue weighted by atomic mass is 10.1. The van der Waals surface area contributed by atoms with Gasteiger partial charge in [-0.15, -0.1) is 11.3 Å². The van der Waals surface area contributed by atoms with Gasteiger partial charge in [0.25, 0.3) is 0 Å². The summed E-state index contributed by atoms with van der Waals surface area (Å²) in [5.41, 5.74) is 12.6. The van der Waals surface area contributed by atoms with E-state index in [1.54, 1.807) is 18.2 Å². The van der Waals surface area contributed by atoms with E-state index in [9.17, 15) is 9.90 Å². The van der Waals surface area contributed by atoms with Crippen molar-refractivity contribution in [1.29, 1.82) is 0 Å². The fourth-order valence-electron chi connectivity index (χ4n) is 2.44. The third-order valence-corrected chi connectivity index (χ3v) is 4.90. The van der Waals surface area contributed by atoms with E-state index in [4.69, 9.17) is 10.6 Å². The monoisotopic (exact) mass is 354 g/mol. The lowest BCUT2D eigenvalue weighted by molar-refractivity contribution is 0.0702. The number of aryl methyl sites for hydroxylation is 2. The van der Waals surface area contributed by atoms with Crippen molar-refractivity contribution in [1.82, 2.24) is 0 Å². The number of aromatic carboxylic acids is 1. The Hall–Kier alpha value is -2.99. The summed E-state index contributed by atoms with van der Waals surface area (Å²) in [6.45, 7) is 3.94. The van der Waals surface area contributed by atoms with Gasteiger partial charge in [-0.25, -0.2) is 10.3 Å². The highest BCUT2D eigenvalue weighted by Gasteiger charge is 2.17. The number of rotatable bonds is 5. The van der Waals surface area contributed by atoms with Gasteiger partial charge in [0.2, 0.25) is 0 Å². The summed E-state index contributed by atoms with van der Waals surface area (Å²) in [5.74, 6) is -0.347. The largest absolute Gasteiger partial charge is 0.477 e. The molecule has 1 heterocycles. The quantitative estimate of drug-likeness (QED) is 0.456. The predicted octanol–water partition coefficient (Wildman–Crippen LogP) is 4.72. The minimum absolute atomic E-state index is 0.191. The van der Waals surface area contributed by atoms with Gasteiger partial charge < -0.3 is 15.7 Å². The van der Waals surface area contributed by atoms with Crippen molar-refractivity contribution in [2.45, 2.75) is 13.8 Å². The van der Waals surface area contributed by atoms with E-state index >= 15 is 0 Å². The van der Waals surface area contributed by atoms with E-state index in [1.807, 2.05) is 44.2 Å². The van der Waals surface area contributed by atoms with E-state index < -0.39 is 5.97 Å². The van der Waals surface area contributed by atoms with Crippen molar-refractivity contribution in [2.24, 2.45) is 0 Å². The average Bonchev–Trinajstić information content (AvgIpc) is 2.99. The zero-order valence-electron chi connectivity index (χ0n) is 13.9. The molecule has 1 aromatic heterocycles. The molecule has 0 fully saturated rings.